The van der Waals surface area contributed by atoms with E-state index in [4.69, 9.17) is 0 Å². The van der Waals surface area contributed by atoms with Gasteiger partial charge in [0, 0.05) is 0 Å². The first-order chi connectivity index (χ1) is 2.63. The summed E-state index contributed by atoms with van der Waals surface area (Å²) < 4.78 is 35.9. The third kappa shape index (κ3) is 0.370. The van der Waals surface area contributed by atoms with Crippen LogP contribution in [0.2, 0.25) is 0 Å². The van der Waals surface area contributed by atoms with Gasteiger partial charge >= 0.3 is 6.11 Å². The summed E-state index contributed by atoms with van der Waals surface area (Å²) in [5.74, 6) is 0. The second-order valence-corrected chi connectivity index (χ2v) is 0.996. The van der Waals surface area contributed by atoms with Gasteiger partial charge in [0.25, 0.3) is 6.36 Å². The molecular formula is C2HF3O. The fraction of sp³-hybridized carbons (Fsp3) is 1.00. The minimum absolute atomic E-state index is 2.34. The molecule has 1 fully saturated rings. The smallest absolute Gasteiger partial charge is 0.273 e. The lowest BCUT2D eigenvalue weighted by atomic mass is 10.8. The van der Waals surface area contributed by atoms with E-state index in [0.29, 0.717) is 0 Å². The predicted octanol–water partition coefficient (Wildman–Crippen LogP) is 0.905. The first-order valence-corrected chi connectivity index (χ1v) is 1.32. The summed E-state index contributed by atoms with van der Waals surface area (Å²) >= 11 is 0. The fourth-order valence-corrected chi connectivity index (χ4v) is 0.104. The molecular weight excluding hydrogens is 97.0 g/mol. The van der Waals surface area contributed by atoms with Crippen LogP contribution in [0.15, 0.2) is 0 Å². The number of halogens is 3. The third-order valence-corrected chi connectivity index (χ3v) is 0.468. The molecule has 36 valence electrons. The molecule has 0 spiro atoms. The van der Waals surface area contributed by atoms with Crippen molar-refractivity contribution in [2.24, 2.45) is 0 Å². The monoisotopic (exact) mass is 98.0 g/mol. The molecule has 0 saturated carbocycles. The van der Waals surface area contributed by atoms with Gasteiger partial charge in [0.2, 0.25) is 0 Å². The second-order valence-electron chi connectivity index (χ2n) is 0.996. The number of alkyl halides is 3. The Hall–Kier alpha value is -0.250. The Morgan fingerprint density at radius 3 is 1.67 bits per heavy atom. The fourth-order valence-electron chi connectivity index (χ4n) is 0.104. The van der Waals surface area contributed by atoms with Crippen molar-refractivity contribution in [3.05, 3.63) is 0 Å². The van der Waals surface area contributed by atoms with Crippen LogP contribution in [0.3, 0.4) is 0 Å². The van der Waals surface area contributed by atoms with Gasteiger partial charge in [0.1, 0.15) is 0 Å². The number of hydrogen-bond acceptors (Lipinski definition) is 1. The highest BCUT2D eigenvalue weighted by molar-refractivity contribution is 4.71. The minimum Gasteiger partial charge on any atom is -0.273 e. The zero-order valence-electron chi connectivity index (χ0n) is 2.62. The molecule has 0 aromatic heterocycles. The normalized spacial score (nSPS) is 39.5. The molecule has 0 amide bonds. The van der Waals surface area contributed by atoms with E-state index >= 15 is 0 Å². The zero-order valence-corrected chi connectivity index (χ0v) is 2.62. The van der Waals surface area contributed by atoms with Crippen molar-refractivity contribution < 1.29 is 17.9 Å². The molecule has 1 aliphatic heterocycles. The molecule has 1 nitrogen and oxygen atoms in total. The van der Waals surface area contributed by atoms with Crippen LogP contribution in [-0.4, -0.2) is 12.5 Å². The van der Waals surface area contributed by atoms with Crippen LogP contribution in [0.25, 0.3) is 0 Å². The Morgan fingerprint density at radius 1 is 1.50 bits per heavy atom. The van der Waals surface area contributed by atoms with E-state index in [1.807, 2.05) is 0 Å². The van der Waals surface area contributed by atoms with E-state index in [1.165, 1.54) is 0 Å². The molecule has 1 atom stereocenters. The van der Waals surface area contributed by atoms with E-state index in [2.05, 4.69) is 4.74 Å². The lowest BCUT2D eigenvalue weighted by molar-refractivity contribution is 0.000667. The van der Waals surface area contributed by atoms with Crippen LogP contribution in [0, 0.1) is 0 Å². The molecule has 0 aromatic rings. The quantitative estimate of drug-likeness (QED) is 0.410. The van der Waals surface area contributed by atoms with Gasteiger partial charge < -0.3 is 0 Å². The van der Waals surface area contributed by atoms with Crippen LogP contribution in [-0.2, 0) is 4.74 Å². The second kappa shape index (κ2) is 0.703. The van der Waals surface area contributed by atoms with E-state index < -0.39 is 12.5 Å². The van der Waals surface area contributed by atoms with Crippen LogP contribution in [0.4, 0.5) is 13.2 Å². The van der Waals surface area contributed by atoms with Gasteiger partial charge in [-0.05, 0) is 0 Å². The van der Waals surface area contributed by atoms with Gasteiger partial charge in [-0.15, -0.1) is 0 Å². The molecule has 0 bridgehead atoms. The van der Waals surface area contributed by atoms with E-state index in [9.17, 15) is 13.2 Å². The molecule has 0 aliphatic carbocycles. The lowest BCUT2D eigenvalue weighted by Gasteiger charge is -1.71. The van der Waals surface area contributed by atoms with Gasteiger partial charge in [-0.1, -0.05) is 0 Å². The summed E-state index contributed by atoms with van der Waals surface area (Å²) in [6.07, 6.45) is -5.79. The van der Waals surface area contributed by atoms with Crippen molar-refractivity contribution in [2.45, 2.75) is 12.5 Å². The third-order valence-electron chi connectivity index (χ3n) is 0.468. The van der Waals surface area contributed by atoms with Crippen LogP contribution >= 0.6 is 0 Å². The predicted molar refractivity (Wildman–Crippen MR) is 10.9 cm³/mol. The molecule has 1 rings (SSSR count). The van der Waals surface area contributed by atoms with Crippen LogP contribution in [0.5, 0.6) is 0 Å². The maximum atomic E-state index is 10.9. The maximum Gasteiger partial charge on any atom is 0.414 e. The lowest BCUT2D eigenvalue weighted by Crippen LogP contribution is -1.90. The molecule has 0 radical (unpaired) electrons. The van der Waals surface area contributed by atoms with Crippen LogP contribution in [0.1, 0.15) is 0 Å². The summed E-state index contributed by atoms with van der Waals surface area (Å²) in [7, 11) is 0. The average molecular weight is 98.0 g/mol. The standard InChI is InChI=1S/C2HF3O/c3-1-2(4,5)6-1/h1H. The van der Waals surface area contributed by atoms with Crippen molar-refractivity contribution in [2.75, 3.05) is 0 Å². The number of ether oxygens (including phenoxy) is 1. The molecule has 1 unspecified atom stereocenters. The van der Waals surface area contributed by atoms with Crippen molar-refractivity contribution in [3.63, 3.8) is 0 Å². The molecule has 1 heterocycles. The highest BCUT2D eigenvalue weighted by Gasteiger charge is 2.61. The Kier molecular flexibility index (Phi) is 0.460. The van der Waals surface area contributed by atoms with E-state index in [0.717, 1.165) is 0 Å². The number of hydrogen-bond donors (Lipinski definition) is 0. The topological polar surface area (TPSA) is 12.5 Å². The largest absolute Gasteiger partial charge is 0.414 e. The molecule has 0 N–H and O–H groups in total. The minimum atomic E-state index is -3.46. The first-order valence-electron chi connectivity index (χ1n) is 1.32. The average Bonchev–Trinajstić information content (AvgIpc) is 1.73. The summed E-state index contributed by atoms with van der Waals surface area (Å²) in [4.78, 5) is 0. The Bertz CT molecular complexity index is 71.2. The van der Waals surface area contributed by atoms with E-state index in [1.54, 1.807) is 0 Å². The maximum absolute atomic E-state index is 10.9. The van der Waals surface area contributed by atoms with Crippen LogP contribution < -0.4 is 0 Å². The molecule has 0 aromatic carbocycles. The van der Waals surface area contributed by atoms with Gasteiger partial charge in [0.05, 0.1) is 0 Å². The Morgan fingerprint density at radius 2 is 1.67 bits per heavy atom. The van der Waals surface area contributed by atoms with Gasteiger partial charge in [-0.25, -0.2) is 4.39 Å². The van der Waals surface area contributed by atoms with Gasteiger partial charge in [-0.2, -0.15) is 8.78 Å². The molecule has 1 saturated heterocycles. The van der Waals surface area contributed by atoms with Crippen molar-refractivity contribution in [1.29, 1.82) is 0 Å². The van der Waals surface area contributed by atoms with Crippen molar-refractivity contribution >= 4 is 0 Å². The Labute approximate surface area is 31.7 Å². The van der Waals surface area contributed by atoms with Gasteiger partial charge in [0.15, 0.2) is 0 Å². The first kappa shape index (κ1) is 3.92. The van der Waals surface area contributed by atoms with E-state index in [-0.39, 0.29) is 0 Å². The molecule has 4 heteroatoms. The summed E-state index contributed by atoms with van der Waals surface area (Å²) in [6, 6.07) is 0. The molecule has 1 aliphatic rings. The highest BCUT2D eigenvalue weighted by Crippen LogP contribution is 2.39. The SMILES string of the molecule is FC1OC1(F)F. The summed E-state index contributed by atoms with van der Waals surface area (Å²) in [5.41, 5.74) is 0. The van der Waals surface area contributed by atoms with Crippen molar-refractivity contribution in [1.82, 2.24) is 0 Å². The highest BCUT2D eigenvalue weighted by atomic mass is 19.3. The molecule has 6 heavy (non-hydrogen) atoms. The number of rotatable bonds is 0. The number of epoxide rings is 1. The van der Waals surface area contributed by atoms with Crippen molar-refractivity contribution in [3.8, 4) is 0 Å². The summed E-state index contributed by atoms with van der Waals surface area (Å²) in [5, 5.41) is 0. The Balaban J connectivity index is 2.41. The zero-order chi connectivity index (χ0) is 4.78. The summed E-state index contributed by atoms with van der Waals surface area (Å²) in [6.45, 7) is 0. The van der Waals surface area contributed by atoms with Gasteiger partial charge in [-0.3, -0.25) is 4.74 Å².